The van der Waals surface area contributed by atoms with Crippen LogP contribution in [0.5, 0.6) is 0 Å². The van der Waals surface area contributed by atoms with Crippen LogP contribution in [0, 0.1) is 0 Å². The summed E-state index contributed by atoms with van der Waals surface area (Å²) in [6, 6.07) is 0. The first kappa shape index (κ1) is 34.3. The monoisotopic (exact) mass is 530 g/mol. The van der Waals surface area contributed by atoms with Gasteiger partial charge in [0.05, 0.1) is 0 Å². The number of carbonyl (C=O) groups excluding carboxylic acids is 1. The van der Waals surface area contributed by atoms with Crippen LogP contribution in [0.1, 0.15) is 142 Å². The molecule has 7 heteroatoms. The third-order valence-electron chi connectivity index (χ3n) is 7.34. The fourth-order valence-corrected chi connectivity index (χ4v) is 4.81. The van der Waals surface area contributed by atoms with E-state index in [4.69, 9.17) is 14.2 Å². The lowest BCUT2D eigenvalue weighted by Gasteiger charge is -2.40. The SMILES string of the molecule is CCCCCCCCCCCCOC1OC(COC(=O)CCCCCCCCCCC)C(O)C(O)C1O. The molecule has 1 heterocycles. The molecule has 0 amide bonds. The summed E-state index contributed by atoms with van der Waals surface area (Å²) >= 11 is 0. The maximum absolute atomic E-state index is 12.1. The second kappa shape index (κ2) is 23.2. The highest BCUT2D eigenvalue weighted by atomic mass is 16.7. The van der Waals surface area contributed by atoms with Crippen molar-refractivity contribution < 1.29 is 34.3 Å². The van der Waals surface area contributed by atoms with Gasteiger partial charge in [-0.3, -0.25) is 4.79 Å². The molecule has 0 bridgehead atoms. The Kier molecular flexibility index (Phi) is 21.5. The van der Waals surface area contributed by atoms with Crippen molar-refractivity contribution in [2.45, 2.75) is 173 Å². The van der Waals surface area contributed by atoms with Crippen LogP contribution in [0.15, 0.2) is 0 Å². The molecule has 1 fully saturated rings. The van der Waals surface area contributed by atoms with Crippen molar-refractivity contribution in [3.63, 3.8) is 0 Å². The van der Waals surface area contributed by atoms with Crippen LogP contribution >= 0.6 is 0 Å². The highest BCUT2D eigenvalue weighted by Crippen LogP contribution is 2.23. The fraction of sp³-hybridized carbons (Fsp3) is 0.967. The summed E-state index contributed by atoms with van der Waals surface area (Å²) in [7, 11) is 0. The maximum atomic E-state index is 12.1. The van der Waals surface area contributed by atoms with Crippen molar-refractivity contribution >= 4 is 5.97 Å². The van der Waals surface area contributed by atoms with Gasteiger partial charge < -0.3 is 29.5 Å². The topological polar surface area (TPSA) is 105 Å². The standard InChI is InChI=1S/C30H58O7/c1-3-5-7-9-11-13-15-17-19-21-23-35-30-29(34)28(33)27(32)25(37-30)24-36-26(31)22-20-18-16-14-12-10-8-6-4-2/h25,27-30,32-34H,3-24H2,1-2H3. The van der Waals surface area contributed by atoms with Crippen molar-refractivity contribution in [3.05, 3.63) is 0 Å². The Morgan fingerprint density at radius 2 is 1.08 bits per heavy atom. The molecule has 3 N–H and O–H groups in total. The molecule has 5 unspecified atom stereocenters. The Morgan fingerprint density at radius 3 is 1.59 bits per heavy atom. The Bertz CT molecular complexity index is 530. The lowest BCUT2D eigenvalue weighted by atomic mass is 9.99. The third-order valence-corrected chi connectivity index (χ3v) is 7.34. The molecule has 0 radical (unpaired) electrons. The van der Waals surface area contributed by atoms with Crippen molar-refractivity contribution in [2.75, 3.05) is 13.2 Å². The maximum Gasteiger partial charge on any atom is 0.305 e. The van der Waals surface area contributed by atoms with Gasteiger partial charge in [0.2, 0.25) is 0 Å². The fourth-order valence-electron chi connectivity index (χ4n) is 4.81. The summed E-state index contributed by atoms with van der Waals surface area (Å²) in [6.45, 7) is 4.69. The second-order valence-electron chi connectivity index (χ2n) is 10.8. The van der Waals surface area contributed by atoms with Crippen LogP contribution in [0.25, 0.3) is 0 Å². The van der Waals surface area contributed by atoms with E-state index in [1.807, 2.05) is 0 Å². The molecule has 5 atom stereocenters. The van der Waals surface area contributed by atoms with Gasteiger partial charge in [-0.15, -0.1) is 0 Å². The molecular formula is C30H58O7. The van der Waals surface area contributed by atoms with E-state index in [1.54, 1.807) is 0 Å². The number of carbonyl (C=O) groups is 1. The van der Waals surface area contributed by atoms with Gasteiger partial charge >= 0.3 is 5.97 Å². The Balaban J connectivity index is 2.14. The minimum Gasteiger partial charge on any atom is -0.463 e. The minimum absolute atomic E-state index is 0.167. The van der Waals surface area contributed by atoms with E-state index in [0.29, 0.717) is 13.0 Å². The molecule has 0 saturated carbocycles. The van der Waals surface area contributed by atoms with Gasteiger partial charge in [0.25, 0.3) is 0 Å². The molecule has 0 aromatic rings. The van der Waals surface area contributed by atoms with Gasteiger partial charge in [-0.2, -0.15) is 0 Å². The van der Waals surface area contributed by atoms with Gasteiger partial charge in [0, 0.05) is 13.0 Å². The summed E-state index contributed by atoms with van der Waals surface area (Å²) in [5, 5.41) is 30.7. The Morgan fingerprint density at radius 1 is 0.622 bits per heavy atom. The van der Waals surface area contributed by atoms with Crippen molar-refractivity contribution in [1.82, 2.24) is 0 Å². The van der Waals surface area contributed by atoms with Crippen LogP contribution < -0.4 is 0 Å². The summed E-state index contributed by atoms with van der Waals surface area (Å²) < 4.78 is 16.6. The summed E-state index contributed by atoms with van der Waals surface area (Å²) in [6.07, 6.45) is 17.0. The van der Waals surface area contributed by atoms with Crippen molar-refractivity contribution in [2.24, 2.45) is 0 Å². The molecule has 37 heavy (non-hydrogen) atoms. The van der Waals surface area contributed by atoms with Crippen LogP contribution in [-0.4, -0.2) is 65.2 Å². The number of hydrogen-bond acceptors (Lipinski definition) is 7. The smallest absolute Gasteiger partial charge is 0.305 e. The number of hydrogen-bond donors (Lipinski definition) is 3. The summed E-state index contributed by atoms with van der Waals surface area (Å²) in [5.74, 6) is -0.331. The molecule has 0 aromatic heterocycles. The van der Waals surface area contributed by atoms with E-state index >= 15 is 0 Å². The van der Waals surface area contributed by atoms with Gasteiger partial charge in [0.15, 0.2) is 6.29 Å². The Labute approximate surface area is 226 Å². The van der Waals surface area contributed by atoms with Crippen molar-refractivity contribution in [3.8, 4) is 0 Å². The average molecular weight is 531 g/mol. The van der Waals surface area contributed by atoms with Gasteiger partial charge in [-0.25, -0.2) is 0 Å². The van der Waals surface area contributed by atoms with E-state index in [1.165, 1.54) is 83.5 Å². The number of aliphatic hydroxyl groups is 3. The number of unbranched alkanes of at least 4 members (excludes halogenated alkanes) is 17. The zero-order valence-electron chi connectivity index (χ0n) is 23.9. The predicted octanol–water partition coefficient (Wildman–Crippen LogP) is 6.20. The van der Waals surface area contributed by atoms with E-state index in [-0.39, 0.29) is 12.6 Å². The first-order chi connectivity index (χ1) is 18.0. The second-order valence-corrected chi connectivity index (χ2v) is 10.8. The minimum atomic E-state index is -1.41. The first-order valence-corrected chi connectivity index (χ1v) is 15.5. The summed E-state index contributed by atoms with van der Waals surface area (Å²) in [5.41, 5.74) is 0. The molecule has 1 saturated heterocycles. The Hall–Kier alpha value is -0.730. The molecule has 0 aromatic carbocycles. The van der Waals surface area contributed by atoms with Gasteiger partial charge in [-0.05, 0) is 12.8 Å². The molecule has 0 spiro atoms. The summed E-state index contributed by atoms with van der Waals surface area (Å²) in [4.78, 5) is 12.1. The average Bonchev–Trinajstić information content (AvgIpc) is 2.90. The number of ether oxygens (including phenoxy) is 3. The zero-order valence-corrected chi connectivity index (χ0v) is 23.9. The molecule has 220 valence electrons. The molecule has 7 nitrogen and oxygen atoms in total. The number of aliphatic hydroxyl groups excluding tert-OH is 3. The quantitative estimate of drug-likeness (QED) is 0.101. The van der Waals surface area contributed by atoms with E-state index < -0.39 is 30.7 Å². The lowest BCUT2D eigenvalue weighted by molar-refractivity contribution is -0.301. The molecule has 0 aliphatic carbocycles. The van der Waals surface area contributed by atoms with Crippen LogP contribution in [0.3, 0.4) is 0 Å². The van der Waals surface area contributed by atoms with Crippen LogP contribution in [0.4, 0.5) is 0 Å². The van der Waals surface area contributed by atoms with E-state index in [9.17, 15) is 20.1 Å². The lowest BCUT2D eigenvalue weighted by Crippen LogP contribution is -2.59. The van der Waals surface area contributed by atoms with Gasteiger partial charge in [-0.1, -0.05) is 123 Å². The van der Waals surface area contributed by atoms with Crippen LogP contribution in [-0.2, 0) is 19.0 Å². The predicted molar refractivity (Wildman–Crippen MR) is 147 cm³/mol. The van der Waals surface area contributed by atoms with Crippen molar-refractivity contribution in [1.29, 1.82) is 0 Å². The molecule has 1 aliphatic heterocycles. The zero-order chi connectivity index (χ0) is 27.1. The third kappa shape index (κ3) is 16.8. The normalized spacial score (nSPS) is 23.9. The highest BCUT2D eigenvalue weighted by molar-refractivity contribution is 5.69. The largest absolute Gasteiger partial charge is 0.463 e. The molecule has 1 aliphatic rings. The first-order valence-electron chi connectivity index (χ1n) is 15.5. The highest BCUT2D eigenvalue weighted by Gasteiger charge is 2.44. The number of rotatable bonds is 24. The van der Waals surface area contributed by atoms with Gasteiger partial charge in [0.1, 0.15) is 31.0 Å². The molecular weight excluding hydrogens is 472 g/mol. The number of esters is 1. The van der Waals surface area contributed by atoms with Crippen LogP contribution in [0.2, 0.25) is 0 Å². The van der Waals surface area contributed by atoms with E-state index in [0.717, 1.165) is 38.5 Å². The van der Waals surface area contributed by atoms with E-state index in [2.05, 4.69) is 13.8 Å². The molecule has 1 rings (SSSR count).